The van der Waals surface area contributed by atoms with Gasteiger partial charge in [0.1, 0.15) is 0 Å². The highest BCUT2D eigenvalue weighted by Crippen LogP contribution is 2.33. The van der Waals surface area contributed by atoms with Gasteiger partial charge in [-0.3, -0.25) is 0 Å². The van der Waals surface area contributed by atoms with Gasteiger partial charge in [0, 0.05) is 10.2 Å². The van der Waals surface area contributed by atoms with E-state index in [4.69, 9.17) is 0 Å². The third-order valence-electron chi connectivity index (χ3n) is 2.90. The summed E-state index contributed by atoms with van der Waals surface area (Å²) in [6.07, 6.45) is 0. The van der Waals surface area contributed by atoms with Crippen LogP contribution in [0.15, 0.2) is 51.3 Å². The molecule has 0 N–H and O–H groups in total. The third kappa shape index (κ3) is 2.86. The average molecular weight is 350 g/mol. The van der Waals surface area contributed by atoms with Gasteiger partial charge in [0.25, 0.3) is 0 Å². The fraction of sp³-hybridized carbons (Fsp3) is 0.133. The van der Waals surface area contributed by atoms with Crippen LogP contribution >= 0.6 is 39.0 Å². The molecular formula is C15H12BrNS2. The highest BCUT2D eigenvalue weighted by atomic mass is 79.9. The van der Waals surface area contributed by atoms with Crippen molar-refractivity contribution in [3.05, 3.63) is 58.1 Å². The summed E-state index contributed by atoms with van der Waals surface area (Å²) in [6, 6.07) is 14.7. The van der Waals surface area contributed by atoms with E-state index in [1.165, 1.54) is 20.3 Å². The molecule has 19 heavy (non-hydrogen) atoms. The first-order chi connectivity index (χ1) is 9.24. The zero-order valence-electron chi connectivity index (χ0n) is 10.4. The van der Waals surface area contributed by atoms with Crippen LogP contribution in [0.2, 0.25) is 0 Å². The van der Waals surface area contributed by atoms with E-state index < -0.39 is 0 Å². The number of fused-ring (bicyclic) bond motifs is 1. The topological polar surface area (TPSA) is 12.9 Å². The van der Waals surface area contributed by atoms with Gasteiger partial charge in [-0.25, -0.2) is 4.98 Å². The Morgan fingerprint density at radius 1 is 1.16 bits per heavy atom. The van der Waals surface area contributed by atoms with Crippen molar-refractivity contribution in [2.24, 2.45) is 0 Å². The van der Waals surface area contributed by atoms with Gasteiger partial charge in [0.2, 0.25) is 0 Å². The smallest absolute Gasteiger partial charge is 0.151 e. The SMILES string of the molecule is Cc1cccc(CSc2nc3ccccc3s2)c1Br. The molecule has 0 unspecified atom stereocenters. The summed E-state index contributed by atoms with van der Waals surface area (Å²) in [5, 5.41) is 0. The molecule has 0 aliphatic heterocycles. The van der Waals surface area contributed by atoms with Crippen LogP contribution < -0.4 is 0 Å². The fourth-order valence-electron chi connectivity index (χ4n) is 1.87. The predicted octanol–water partition coefficient (Wildman–Crippen LogP) is 5.66. The number of rotatable bonds is 3. The number of hydrogen-bond acceptors (Lipinski definition) is 3. The minimum atomic E-state index is 0.947. The number of thioether (sulfide) groups is 1. The summed E-state index contributed by atoms with van der Waals surface area (Å²) >= 11 is 7.22. The molecule has 1 aromatic heterocycles. The molecule has 0 fully saturated rings. The van der Waals surface area contributed by atoms with Gasteiger partial charge in [-0.15, -0.1) is 11.3 Å². The fourth-order valence-corrected chi connectivity index (χ4v) is 4.52. The molecule has 0 atom stereocenters. The minimum Gasteiger partial charge on any atom is -0.230 e. The molecule has 0 radical (unpaired) electrons. The van der Waals surface area contributed by atoms with Gasteiger partial charge in [0.05, 0.1) is 10.2 Å². The molecule has 0 saturated carbocycles. The molecule has 96 valence electrons. The second kappa shape index (κ2) is 5.65. The number of halogens is 1. The molecule has 0 amide bonds. The zero-order valence-corrected chi connectivity index (χ0v) is 13.6. The summed E-state index contributed by atoms with van der Waals surface area (Å²) in [5.41, 5.74) is 3.70. The molecule has 0 aliphatic rings. The van der Waals surface area contributed by atoms with Gasteiger partial charge in [-0.05, 0) is 30.2 Å². The second-order valence-corrected chi connectivity index (χ2v) is 7.33. The Balaban J connectivity index is 1.80. The van der Waals surface area contributed by atoms with Crippen LogP contribution in [0.25, 0.3) is 10.2 Å². The monoisotopic (exact) mass is 349 g/mol. The van der Waals surface area contributed by atoms with Crippen molar-refractivity contribution >= 4 is 49.2 Å². The van der Waals surface area contributed by atoms with Gasteiger partial charge in [-0.1, -0.05) is 58.0 Å². The molecule has 1 nitrogen and oxygen atoms in total. The van der Waals surface area contributed by atoms with Crippen LogP contribution in [0.4, 0.5) is 0 Å². The summed E-state index contributed by atoms with van der Waals surface area (Å²) in [6.45, 7) is 2.12. The Labute approximate surface area is 129 Å². The zero-order chi connectivity index (χ0) is 13.2. The highest BCUT2D eigenvalue weighted by molar-refractivity contribution is 9.10. The van der Waals surface area contributed by atoms with Crippen LogP contribution in [-0.4, -0.2) is 4.98 Å². The number of aryl methyl sites for hydroxylation is 1. The number of nitrogens with zero attached hydrogens (tertiary/aromatic N) is 1. The van der Waals surface area contributed by atoms with Gasteiger partial charge in [-0.2, -0.15) is 0 Å². The minimum absolute atomic E-state index is 0.947. The summed E-state index contributed by atoms with van der Waals surface area (Å²) in [4.78, 5) is 4.65. The average Bonchev–Trinajstić information content (AvgIpc) is 2.83. The van der Waals surface area contributed by atoms with Gasteiger partial charge < -0.3 is 0 Å². The van der Waals surface area contributed by atoms with Crippen molar-refractivity contribution in [2.75, 3.05) is 0 Å². The maximum atomic E-state index is 4.65. The number of thiazole rings is 1. The first-order valence-electron chi connectivity index (χ1n) is 5.96. The van der Waals surface area contributed by atoms with E-state index >= 15 is 0 Å². The first kappa shape index (κ1) is 13.2. The summed E-state index contributed by atoms with van der Waals surface area (Å²) in [5.74, 6) is 0.947. The lowest BCUT2D eigenvalue weighted by Crippen LogP contribution is -1.85. The lowest BCUT2D eigenvalue weighted by atomic mass is 10.2. The van der Waals surface area contributed by atoms with Crippen LogP contribution in [0, 0.1) is 6.92 Å². The molecule has 0 spiro atoms. The number of para-hydroxylation sites is 1. The van der Waals surface area contributed by atoms with Crippen LogP contribution in [0.5, 0.6) is 0 Å². The quantitative estimate of drug-likeness (QED) is 0.565. The van der Waals surface area contributed by atoms with Crippen LogP contribution in [-0.2, 0) is 5.75 Å². The normalized spacial score (nSPS) is 11.1. The standard InChI is InChI=1S/C15H12BrNS2/c1-10-5-4-6-11(14(10)16)9-18-15-17-12-7-2-3-8-13(12)19-15/h2-8H,9H2,1H3. The Morgan fingerprint density at radius 3 is 2.84 bits per heavy atom. The van der Waals surface area contributed by atoms with Gasteiger partial charge >= 0.3 is 0 Å². The Hall–Kier alpha value is -0.840. The lowest BCUT2D eigenvalue weighted by Gasteiger charge is -2.05. The molecule has 3 rings (SSSR count). The van der Waals surface area contributed by atoms with Crippen molar-refractivity contribution in [1.82, 2.24) is 4.98 Å². The van der Waals surface area contributed by atoms with Crippen LogP contribution in [0.1, 0.15) is 11.1 Å². The largest absolute Gasteiger partial charge is 0.230 e. The van der Waals surface area contributed by atoms with Crippen molar-refractivity contribution in [3.63, 3.8) is 0 Å². The maximum Gasteiger partial charge on any atom is 0.151 e. The van der Waals surface area contributed by atoms with E-state index in [0.29, 0.717) is 0 Å². The molecule has 4 heteroatoms. The van der Waals surface area contributed by atoms with E-state index in [2.05, 4.69) is 64.2 Å². The maximum absolute atomic E-state index is 4.65. The summed E-state index contributed by atoms with van der Waals surface area (Å²) < 4.78 is 3.60. The molecule has 0 saturated heterocycles. The van der Waals surface area contributed by atoms with E-state index in [0.717, 1.165) is 15.6 Å². The molecule has 0 bridgehead atoms. The second-order valence-electron chi connectivity index (χ2n) is 4.28. The van der Waals surface area contributed by atoms with Crippen molar-refractivity contribution in [3.8, 4) is 0 Å². The number of aromatic nitrogens is 1. The van der Waals surface area contributed by atoms with Crippen molar-refractivity contribution < 1.29 is 0 Å². The Bertz CT molecular complexity index is 688. The third-order valence-corrected chi connectivity index (χ3v) is 6.26. The molecule has 2 aromatic carbocycles. The number of benzene rings is 2. The van der Waals surface area contributed by atoms with Crippen LogP contribution in [0.3, 0.4) is 0 Å². The molecule has 0 aliphatic carbocycles. The number of hydrogen-bond donors (Lipinski definition) is 0. The van der Waals surface area contributed by atoms with Crippen molar-refractivity contribution in [2.45, 2.75) is 17.0 Å². The summed E-state index contributed by atoms with van der Waals surface area (Å²) in [7, 11) is 0. The first-order valence-corrected chi connectivity index (χ1v) is 8.56. The molecule has 3 aromatic rings. The van der Waals surface area contributed by atoms with E-state index in [1.54, 1.807) is 23.1 Å². The Kier molecular flexibility index (Phi) is 3.91. The Morgan fingerprint density at radius 2 is 2.00 bits per heavy atom. The van der Waals surface area contributed by atoms with E-state index in [9.17, 15) is 0 Å². The highest BCUT2D eigenvalue weighted by Gasteiger charge is 2.06. The molecule has 1 heterocycles. The van der Waals surface area contributed by atoms with Crippen molar-refractivity contribution in [1.29, 1.82) is 0 Å². The predicted molar refractivity (Wildman–Crippen MR) is 88.1 cm³/mol. The molecular weight excluding hydrogens is 338 g/mol. The van der Waals surface area contributed by atoms with E-state index in [-0.39, 0.29) is 0 Å². The van der Waals surface area contributed by atoms with Gasteiger partial charge in [0.15, 0.2) is 4.34 Å². The lowest BCUT2D eigenvalue weighted by molar-refractivity contribution is 1.27. The van der Waals surface area contributed by atoms with E-state index in [1.807, 2.05) is 6.07 Å².